The number of carbonyl (C=O) groups is 2. The van der Waals surface area contributed by atoms with Gasteiger partial charge in [-0.05, 0) is 49.6 Å². The van der Waals surface area contributed by atoms with Gasteiger partial charge in [-0.2, -0.15) is 4.31 Å². The SMILES string of the molecule is O=C(CCCNC(=O)c1ccco1)Nc1cccc(S(=O)(=O)N2CCCCC2)c1. The van der Waals surface area contributed by atoms with Crippen LogP contribution >= 0.6 is 0 Å². The molecule has 2 N–H and O–H groups in total. The quantitative estimate of drug-likeness (QED) is 0.640. The van der Waals surface area contributed by atoms with Gasteiger partial charge in [0, 0.05) is 31.7 Å². The van der Waals surface area contributed by atoms with Crippen molar-refractivity contribution in [1.29, 1.82) is 0 Å². The maximum atomic E-state index is 12.8. The third kappa shape index (κ3) is 5.68. The van der Waals surface area contributed by atoms with E-state index in [1.807, 2.05) is 0 Å². The van der Waals surface area contributed by atoms with Gasteiger partial charge in [0.1, 0.15) is 0 Å². The van der Waals surface area contributed by atoms with Crippen molar-refractivity contribution in [1.82, 2.24) is 9.62 Å². The average molecular weight is 420 g/mol. The summed E-state index contributed by atoms with van der Waals surface area (Å²) in [6.45, 7) is 1.39. The van der Waals surface area contributed by atoms with Gasteiger partial charge >= 0.3 is 0 Å². The Morgan fingerprint density at radius 2 is 1.86 bits per heavy atom. The van der Waals surface area contributed by atoms with Gasteiger partial charge in [-0.15, -0.1) is 0 Å². The van der Waals surface area contributed by atoms with E-state index in [9.17, 15) is 18.0 Å². The standard InChI is InChI=1S/C20H25N3O5S/c24-19(10-5-11-21-20(25)18-9-6-14-28-18)22-16-7-4-8-17(15-16)29(26,27)23-12-2-1-3-13-23/h4,6-9,14-15H,1-3,5,10-13H2,(H,21,25)(H,22,24). The zero-order valence-electron chi connectivity index (χ0n) is 16.1. The number of rotatable bonds is 8. The van der Waals surface area contributed by atoms with Crippen molar-refractivity contribution in [3.05, 3.63) is 48.4 Å². The molecule has 0 aliphatic carbocycles. The van der Waals surface area contributed by atoms with Gasteiger partial charge in [0.25, 0.3) is 5.91 Å². The lowest BCUT2D eigenvalue weighted by Gasteiger charge is -2.26. The summed E-state index contributed by atoms with van der Waals surface area (Å²) in [7, 11) is -3.55. The number of piperidine rings is 1. The number of carbonyl (C=O) groups excluding carboxylic acids is 2. The molecule has 0 unspecified atom stereocenters. The Morgan fingerprint density at radius 3 is 2.59 bits per heavy atom. The van der Waals surface area contributed by atoms with E-state index in [0.717, 1.165) is 19.3 Å². The molecule has 29 heavy (non-hydrogen) atoms. The molecule has 2 heterocycles. The molecule has 0 saturated carbocycles. The predicted molar refractivity (Wildman–Crippen MR) is 108 cm³/mol. The van der Waals surface area contributed by atoms with Crippen LogP contribution in [0, 0.1) is 0 Å². The van der Waals surface area contributed by atoms with Gasteiger partial charge in [-0.3, -0.25) is 9.59 Å². The molecule has 1 saturated heterocycles. The third-order valence-corrected chi connectivity index (χ3v) is 6.58. The predicted octanol–water partition coefficient (Wildman–Crippen LogP) is 2.60. The minimum absolute atomic E-state index is 0.183. The van der Waals surface area contributed by atoms with Crippen LogP contribution < -0.4 is 10.6 Å². The van der Waals surface area contributed by atoms with E-state index in [4.69, 9.17) is 4.42 Å². The molecule has 2 amide bonds. The van der Waals surface area contributed by atoms with Gasteiger partial charge in [-0.25, -0.2) is 8.42 Å². The Kier molecular flexibility index (Phi) is 7.05. The van der Waals surface area contributed by atoms with Crippen LogP contribution in [0.3, 0.4) is 0 Å². The van der Waals surface area contributed by atoms with Crippen molar-refractivity contribution in [2.24, 2.45) is 0 Å². The average Bonchev–Trinajstić information content (AvgIpc) is 3.27. The molecule has 8 nitrogen and oxygen atoms in total. The summed E-state index contributed by atoms with van der Waals surface area (Å²) >= 11 is 0. The third-order valence-electron chi connectivity index (χ3n) is 4.68. The number of sulfonamides is 1. The summed E-state index contributed by atoms with van der Waals surface area (Å²) in [5.41, 5.74) is 0.438. The van der Waals surface area contributed by atoms with Gasteiger partial charge in [-0.1, -0.05) is 12.5 Å². The minimum atomic E-state index is -3.55. The highest BCUT2D eigenvalue weighted by molar-refractivity contribution is 7.89. The molecule has 1 aliphatic rings. The number of anilines is 1. The first-order valence-corrected chi connectivity index (χ1v) is 11.1. The van der Waals surface area contributed by atoms with Crippen LogP contribution in [0.5, 0.6) is 0 Å². The molecule has 1 aliphatic heterocycles. The Morgan fingerprint density at radius 1 is 1.07 bits per heavy atom. The first kappa shape index (κ1) is 21.1. The van der Waals surface area contributed by atoms with Crippen LogP contribution in [0.2, 0.25) is 0 Å². The van der Waals surface area contributed by atoms with E-state index in [2.05, 4.69) is 10.6 Å². The number of hydrogen-bond donors (Lipinski definition) is 2. The maximum Gasteiger partial charge on any atom is 0.286 e. The summed E-state index contributed by atoms with van der Waals surface area (Å²) < 4.78 is 32.0. The summed E-state index contributed by atoms with van der Waals surface area (Å²) in [5.74, 6) is -0.350. The van der Waals surface area contributed by atoms with Gasteiger partial charge in [0.2, 0.25) is 15.9 Å². The van der Waals surface area contributed by atoms with Crippen molar-refractivity contribution >= 4 is 27.5 Å². The van der Waals surface area contributed by atoms with E-state index in [1.54, 1.807) is 30.3 Å². The number of nitrogens with one attached hydrogen (secondary N) is 2. The molecule has 0 bridgehead atoms. The van der Waals surface area contributed by atoms with Crippen LogP contribution in [0.4, 0.5) is 5.69 Å². The zero-order chi connectivity index (χ0) is 20.7. The second-order valence-corrected chi connectivity index (χ2v) is 8.82. The van der Waals surface area contributed by atoms with Crippen LogP contribution in [-0.2, 0) is 14.8 Å². The number of hydrogen-bond acceptors (Lipinski definition) is 5. The molecule has 0 radical (unpaired) electrons. The highest BCUT2D eigenvalue weighted by Crippen LogP contribution is 2.23. The Balaban J connectivity index is 1.49. The summed E-state index contributed by atoms with van der Waals surface area (Å²) in [6.07, 6.45) is 4.84. The van der Waals surface area contributed by atoms with E-state index in [1.165, 1.54) is 16.6 Å². The number of benzene rings is 1. The Bertz CT molecular complexity index is 935. The molecule has 0 spiro atoms. The molecule has 9 heteroatoms. The summed E-state index contributed by atoms with van der Waals surface area (Å²) in [6, 6.07) is 9.50. The van der Waals surface area contributed by atoms with Gasteiger partial charge in [0.15, 0.2) is 5.76 Å². The largest absolute Gasteiger partial charge is 0.459 e. The Hall–Kier alpha value is -2.65. The molecule has 1 aromatic carbocycles. The highest BCUT2D eigenvalue weighted by Gasteiger charge is 2.26. The van der Waals surface area contributed by atoms with Crippen molar-refractivity contribution in [3.63, 3.8) is 0 Å². The molecule has 156 valence electrons. The van der Waals surface area contributed by atoms with E-state index in [0.29, 0.717) is 31.7 Å². The van der Waals surface area contributed by atoms with Crippen molar-refractivity contribution in [2.75, 3.05) is 25.0 Å². The van der Waals surface area contributed by atoms with Crippen molar-refractivity contribution in [3.8, 4) is 0 Å². The lowest BCUT2D eigenvalue weighted by Crippen LogP contribution is -2.35. The molecule has 2 aromatic rings. The molecule has 1 aromatic heterocycles. The fourth-order valence-corrected chi connectivity index (χ4v) is 4.72. The van der Waals surface area contributed by atoms with Crippen LogP contribution in [-0.4, -0.2) is 44.2 Å². The number of nitrogens with zero attached hydrogens (tertiary/aromatic N) is 1. The fourth-order valence-electron chi connectivity index (χ4n) is 3.16. The second-order valence-electron chi connectivity index (χ2n) is 6.88. The van der Waals surface area contributed by atoms with Crippen molar-refractivity contribution in [2.45, 2.75) is 37.0 Å². The molecule has 3 rings (SSSR count). The first-order chi connectivity index (χ1) is 14.0. The summed E-state index contributed by atoms with van der Waals surface area (Å²) in [5, 5.41) is 5.39. The zero-order valence-corrected chi connectivity index (χ0v) is 16.9. The lowest BCUT2D eigenvalue weighted by molar-refractivity contribution is -0.116. The normalized spacial score (nSPS) is 15.0. The smallest absolute Gasteiger partial charge is 0.286 e. The van der Waals surface area contributed by atoms with Crippen LogP contribution in [0.15, 0.2) is 52.0 Å². The topological polar surface area (TPSA) is 109 Å². The minimum Gasteiger partial charge on any atom is -0.459 e. The summed E-state index contributed by atoms with van der Waals surface area (Å²) in [4.78, 5) is 24.1. The molecular weight excluding hydrogens is 394 g/mol. The highest BCUT2D eigenvalue weighted by atomic mass is 32.2. The van der Waals surface area contributed by atoms with Crippen LogP contribution in [0.1, 0.15) is 42.7 Å². The van der Waals surface area contributed by atoms with E-state index < -0.39 is 10.0 Å². The van der Waals surface area contributed by atoms with Crippen molar-refractivity contribution < 1.29 is 22.4 Å². The molecular formula is C20H25N3O5S. The molecule has 1 fully saturated rings. The Labute approximate surface area is 170 Å². The second kappa shape index (κ2) is 9.71. The van der Waals surface area contributed by atoms with Gasteiger partial charge in [0.05, 0.1) is 11.2 Å². The maximum absolute atomic E-state index is 12.8. The van der Waals surface area contributed by atoms with Gasteiger partial charge < -0.3 is 15.1 Å². The van der Waals surface area contributed by atoms with E-state index >= 15 is 0 Å². The number of amides is 2. The lowest BCUT2D eigenvalue weighted by atomic mass is 10.2. The monoisotopic (exact) mass is 419 g/mol. The molecule has 0 atom stereocenters. The first-order valence-electron chi connectivity index (χ1n) is 9.68. The fraction of sp³-hybridized carbons (Fsp3) is 0.400. The number of furan rings is 1. The van der Waals surface area contributed by atoms with Crippen LogP contribution in [0.25, 0.3) is 0 Å². The van der Waals surface area contributed by atoms with E-state index in [-0.39, 0.29) is 28.9 Å².